The first-order valence-electron chi connectivity index (χ1n) is 8.01. The van der Waals surface area contributed by atoms with Crippen molar-refractivity contribution in [1.82, 2.24) is 9.88 Å². The molecule has 1 aromatic heterocycles. The van der Waals surface area contributed by atoms with Crippen molar-refractivity contribution >= 4 is 45.5 Å². The average Bonchev–Trinajstić information content (AvgIpc) is 2.81. The third kappa shape index (κ3) is 2.99. The highest BCUT2D eigenvalue weighted by molar-refractivity contribution is 9.10. The van der Waals surface area contributed by atoms with Crippen molar-refractivity contribution in [3.05, 3.63) is 56.8 Å². The van der Waals surface area contributed by atoms with Crippen molar-refractivity contribution in [2.75, 3.05) is 4.90 Å². The second-order valence-electron chi connectivity index (χ2n) is 6.28. The van der Waals surface area contributed by atoms with Crippen molar-refractivity contribution in [3.8, 4) is 0 Å². The number of rotatable bonds is 2. The van der Waals surface area contributed by atoms with Gasteiger partial charge in [-0.15, -0.1) is 0 Å². The second kappa shape index (κ2) is 6.57. The molecule has 0 spiro atoms. The van der Waals surface area contributed by atoms with E-state index >= 15 is 0 Å². The molecule has 3 rings (SSSR count). The van der Waals surface area contributed by atoms with Gasteiger partial charge in [-0.3, -0.25) is 14.9 Å². The number of benzene rings is 1. The SMILES string of the molecule is Cc1cc(N2C(=O)NC(=O)C(=Cc3cc(C)n(C)c3C)C2=O)ccc1Br. The minimum absolute atomic E-state index is 0.0705. The Morgan fingerprint density at radius 1 is 1.08 bits per heavy atom. The van der Waals surface area contributed by atoms with E-state index < -0.39 is 17.8 Å². The maximum Gasteiger partial charge on any atom is 0.335 e. The number of aromatic nitrogens is 1. The number of anilines is 1. The summed E-state index contributed by atoms with van der Waals surface area (Å²) < 4.78 is 2.84. The van der Waals surface area contributed by atoms with Crippen LogP contribution >= 0.6 is 15.9 Å². The lowest BCUT2D eigenvalue weighted by molar-refractivity contribution is -0.122. The van der Waals surface area contributed by atoms with E-state index in [9.17, 15) is 14.4 Å². The minimum atomic E-state index is -0.750. The summed E-state index contributed by atoms with van der Waals surface area (Å²) in [4.78, 5) is 38.4. The predicted octanol–water partition coefficient (Wildman–Crippen LogP) is 3.38. The fourth-order valence-electron chi connectivity index (χ4n) is 2.85. The Kier molecular flexibility index (Phi) is 4.58. The van der Waals surface area contributed by atoms with Crippen LogP contribution in [0.5, 0.6) is 0 Å². The number of carbonyl (C=O) groups is 3. The lowest BCUT2D eigenvalue weighted by Gasteiger charge is -2.26. The van der Waals surface area contributed by atoms with Gasteiger partial charge in [-0.2, -0.15) is 0 Å². The Morgan fingerprint density at radius 3 is 2.35 bits per heavy atom. The summed E-state index contributed by atoms with van der Waals surface area (Å²) in [5.74, 6) is -1.33. The Labute approximate surface area is 159 Å². The number of imide groups is 2. The lowest BCUT2D eigenvalue weighted by atomic mass is 10.1. The van der Waals surface area contributed by atoms with Gasteiger partial charge in [0.1, 0.15) is 5.57 Å². The third-order valence-electron chi connectivity index (χ3n) is 4.62. The van der Waals surface area contributed by atoms with Crippen LogP contribution in [-0.2, 0) is 16.6 Å². The fraction of sp³-hybridized carbons (Fsp3) is 0.211. The van der Waals surface area contributed by atoms with Gasteiger partial charge in [0.2, 0.25) is 0 Å². The molecule has 7 heteroatoms. The maximum atomic E-state index is 12.9. The lowest BCUT2D eigenvalue weighted by Crippen LogP contribution is -2.54. The molecular formula is C19H18BrN3O3. The minimum Gasteiger partial charge on any atom is -0.352 e. The number of urea groups is 1. The van der Waals surface area contributed by atoms with Crippen LogP contribution in [0.4, 0.5) is 10.5 Å². The molecule has 0 saturated carbocycles. The number of carbonyl (C=O) groups excluding carboxylic acids is 3. The number of aryl methyl sites for hydroxylation is 2. The molecule has 0 bridgehead atoms. The Morgan fingerprint density at radius 2 is 1.77 bits per heavy atom. The van der Waals surface area contributed by atoms with Gasteiger partial charge in [-0.05, 0) is 62.2 Å². The van der Waals surface area contributed by atoms with Crippen molar-refractivity contribution in [2.45, 2.75) is 20.8 Å². The summed E-state index contributed by atoms with van der Waals surface area (Å²) in [5.41, 5.74) is 3.92. The number of hydrogen-bond acceptors (Lipinski definition) is 3. The maximum absolute atomic E-state index is 12.9. The molecule has 1 saturated heterocycles. The number of nitrogens with one attached hydrogen (secondary N) is 1. The molecule has 2 aromatic rings. The topological polar surface area (TPSA) is 71.4 Å². The number of barbiturate groups is 1. The monoisotopic (exact) mass is 415 g/mol. The van der Waals surface area contributed by atoms with Crippen LogP contribution in [-0.4, -0.2) is 22.4 Å². The molecule has 0 unspecified atom stereocenters. The first-order chi connectivity index (χ1) is 12.2. The molecule has 1 aliphatic rings. The molecule has 1 N–H and O–H groups in total. The van der Waals surface area contributed by atoms with E-state index in [0.717, 1.165) is 31.9 Å². The highest BCUT2D eigenvalue weighted by Crippen LogP contribution is 2.27. The van der Waals surface area contributed by atoms with Crippen LogP contribution in [0.2, 0.25) is 0 Å². The third-order valence-corrected chi connectivity index (χ3v) is 5.51. The fourth-order valence-corrected chi connectivity index (χ4v) is 3.09. The number of halogens is 1. The van der Waals surface area contributed by atoms with E-state index in [4.69, 9.17) is 0 Å². The quantitative estimate of drug-likeness (QED) is 0.603. The summed E-state index contributed by atoms with van der Waals surface area (Å²) in [6.45, 7) is 5.71. The van der Waals surface area contributed by atoms with Crippen molar-refractivity contribution in [3.63, 3.8) is 0 Å². The van der Waals surface area contributed by atoms with Crippen LogP contribution in [0.25, 0.3) is 6.08 Å². The zero-order valence-corrected chi connectivity index (χ0v) is 16.5. The second-order valence-corrected chi connectivity index (χ2v) is 7.13. The summed E-state index contributed by atoms with van der Waals surface area (Å²) in [7, 11) is 1.91. The molecule has 134 valence electrons. The van der Waals surface area contributed by atoms with Crippen LogP contribution < -0.4 is 10.2 Å². The summed E-state index contributed by atoms with van der Waals surface area (Å²) in [5, 5.41) is 2.24. The molecule has 2 heterocycles. The summed E-state index contributed by atoms with van der Waals surface area (Å²) in [6.07, 6.45) is 1.53. The standard InChI is InChI=1S/C19H18BrN3O3/c1-10-7-14(5-6-16(10)20)23-18(25)15(17(24)21-19(23)26)9-13-8-11(2)22(4)12(13)3/h5-9H,1-4H3,(H,21,24,26). The molecule has 0 atom stereocenters. The van der Waals surface area contributed by atoms with E-state index in [-0.39, 0.29) is 5.57 Å². The zero-order chi connectivity index (χ0) is 19.2. The van der Waals surface area contributed by atoms with Crippen LogP contribution in [0.1, 0.15) is 22.5 Å². The Balaban J connectivity index is 2.06. The Bertz CT molecular complexity index is 988. The van der Waals surface area contributed by atoms with Crippen LogP contribution in [0, 0.1) is 20.8 Å². The van der Waals surface area contributed by atoms with Gasteiger partial charge in [0.05, 0.1) is 5.69 Å². The molecule has 0 radical (unpaired) electrons. The average molecular weight is 416 g/mol. The van der Waals surface area contributed by atoms with E-state index in [0.29, 0.717) is 5.69 Å². The normalized spacial score (nSPS) is 16.4. The molecule has 0 aliphatic carbocycles. The van der Waals surface area contributed by atoms with Gasteiger partial charge in [-0.25, -0.2) is 9.69 Å². The molecular weight excluding hydrogens is 398 g/mol. The number of hydrogen-bond donors (Lipinski definition) is 1. The van der Waals surface area contributed by atoms with Gasteiger partial charge in [0, 0.05) is 22.9 Å². The predicted molar refractivity (Wildman–Crippen MR) is 103 cm³/mol. The van der Waals surface area contributed by atoms with Crippen molar-refractivity contribution < 1.29 is 14.4 Å². The van der Waals surface area contributed by atoms with Crippen LogP contribution in [0.15, 0.2) is 34.3 Å². The van der Waals surface area contributed by atoms with E-state index in [1.807, 2.05) is 38.5 Å². The Hall–Kier alpha value is -2.67. The van der Waals surface area contributed by atoms with E-state index in [2.05, 4.69) is 21.2 Å². The van der Waals surface area contributed by atoms with Gasteiger partial charge in [0.15, 0.2) is 0 Å². The van der Waals surface area contributed by atoms with Gasteiger partial charge < -0.3 is 4.57 Å². The highest BCUT2D eigenvalue weighted by Gasteiger charge is 2.37. The summed E-state index contributed by atoms with van der Waals surface area (Å²) >= 11 is 3.39. The van der Waals surface area contributed by atoms with E-state index in [1.165, 1.54) is 6.08 Å². The largest absolute Gasteiger partial charge is 0.352 e. The molecule has 26 heavy (non-hydrogen) atoms. The first kappa shape index (κ1) is 18.1. The highest BCUT2D eigenvalue weighted by atomic mass is 79.9. The molecule has 1 aliphatic heterocycles. The molecule has 1 aromatic carbocycles. The van der Waals surface area contributed by atoms with Gasteiger partial charge >= 0.3 is 6.03 Å². The molecule has 6 nitrogen and oxygen atoms in total. The van der Waals surface area contributed by atoms with Crippen molar-refractivity contribution in [2.24, 2.45) is 7.05 Å². The van der Waals surface area contributed by atoms with Gasteiger partial charge in [0.25, 0.3) is 11.8 Å². The number of amides is 4. The smallest absolute Gasteiger partial charge is 0.335 e. The first-order valence-corrected chi connectivity index (χ1v) is 8.80. The van der Waals surface area contributed by atoms with E-state index in [1.54, 1.807) is 18.2 Å². The van der Waals surface area contributed by atoms with Crippen molar-refractivity contribution in [1.29, 1.82) is 0 Å². The van der Waals surface area contributed by atoms with Crippen LogP contribution in [0.3, 0.4) is 0 Å². The number of nitrogens with zero attached hydrogens (tertiary/aromatic N) is 2. The summed E-state index contributed by atoms with van der Waals surface area (Å²) in [6, 6.07) is 6.27. The zero-order valence-electron chi connectivity index (χ0n) is 14.9. The van der Waals surface area contributed by atoms with Gasteiger partial charge in [-0.1, -0.05) is 15.9 Å². The molecule has 1 fully saturated rings. The molecule has 4 amide bonds.